The fraction of sp³-hybridized carbons (Fsp3) is 0.824. The molecule has 124 valence electrons. The molecular formula is C17H30N4O. The number of hydrogen-bond donors (Lipinski definition) is 1. The molecule has 2 saturated heterocycles. The minimum absolute atomic E-state index is 0.245. The summed E-state index contributed by atoms with van der Waals surface area (Å²) in [7, 11) is 1.97. The Morgan fingerprint density at radius 1 is 1.23 bits per heavy atom. The van der Waals surface area contributed by atoms with Gasteiger partial charge in [0.15, 0.2) is 0 Å². The predicted molar refractivity (Wildman–Crippen MR) is 87.6 cm³/mol. The topological polar surface area (TPSA) is 44.5 Å². The molecule has 3 rings (SSSR count). The Hall–Kier alpha value is -0.910. The maximum Gasteiger partial charge on any atom is 0.0794 e. The number of aliphatic hydroxyl groups excluding tert-OH is 1. The van der Waals surface area contributed by atoms with E-state index in [4.69, 9.17) is 0 Å². The van der Waals surface area contributed by atoms with Gasteiger partial charge in [-0.2, -0.15) is 5.10 Å². The molecule has 5 nitrogen and oxygen atoms in total. The van der Waals surface area contributed by atoms with Gasteiger partial charge in [-0.15, -0.1) is 0 Å². The lowest BCUT2D eigenvalue weighted by atomic mass is 9.99. The lowest BCUT2D eigenvalue weighted by molar-refractivity contribution is 0.0576. The van der Waals surface area contributed by atoms with Crippen LogP contribution in [0.4, 0.5) is 0 Å². The molecule has 1 aromatic rings. The highest BCUT2D eigenvalue weighted by molar-refractivity contribution is 5.12. The second-order valence-electron chi connectivity index (χ2n) is 7.24. The zero-order valence-corrected chi connectivity index (χ0v) is 14.0. The Kier molecular flexibility index (Phi) is 5.16. The average Bonchev–Trinajstić information content (AvgIpc) is 3.10. The molecule has 2 fully saturated rings. The Balaban J connectivity index is 1.51. The van der Waals surface area contributed by atoms with Crippen LogP contribution in [-0.2, 0) is 7.05 Å². The van der Waals surface area contributed by atoms with E-state index in [1.165, 1.54) is 31.2 Å². The molecule has 22 heavy (non-hydrogen) atoms. The van der Waals surface area contributed by atoms with Gasteiger partial charge in [-0.3, -0.25) is 9.58 Å². The molecule has 0 amide bonds. The summed E-state index contributed by atoms with van der Waals surface area (Å²) >= 11 is 0. The molecule has 3 heterocycles. The molecule has 0 unspecified atom stereocenters. The second-order valence-corrected chi connectivity index (χ2v) is 7.24. The van der Waals surface area contributed by atoms with E-state index in [1.807, 2.05) is 17.9 Å². The quantitative estimate of drug-likeness (QED) is 0.898. The van der Waals surface area contributed by atoms with Crippen LogP contribution in [0.25, 0.3) is 0 Å². The van der Waals surface area contributed by atoms with Crippen LogP contribution in [0.5, 0.6) is 0 Å². The van der Waals surface area contributed by atoms with E-state index in [9.17, 15) is 5.11 Å². The first-order chi connectivity index (χ1) is 10.6. The van der Waals surface area contributed by atoms with E-state index in [1.54, 1.807) is 0 Å². The van der Waals surface area contributed by atoms with Gasteiger partial charge < -0.3 is 10.0 Å². The second kappa shape index (κ2) is 7.11. The van der Waals surface area contributed by atoms with Gasteiger partial charge in [-0.05, 0) is 51.2 Å². The van der Waals surface area contributed by atoms with Crippen molar-refractivity contribution in [3.05, 3.63) is 18.0 Å². The molecule has 1 aromatic heterocycles. The maximum atomic E-state index is 10.5. The Labute approximate surface area is 133 Å². The molecule has 0 radical (unpaired) electrons. The Bertz CT molecular complexity index is 467. The van der Waals surface area contributed by atoms with Crippen molar-refractivity contribution in [1.82, 2.24) is 19.6 Å². The standard InChI is InChI=1S/C17H30N4O/c1-14-5-8-20(9-6-14)12-16(22)13-21-7-3-4-17(21)15-10-18-19(2)11-15/h10-11,14,16-17,22H,3-9,12-13H2,1-2H3/t16-,17-/m1/s1. The molecule has 2 aliphatic heterocycles. The van der Waals surface area contributed by atoms with Crippen LogP contribution >= 0.6 is 0 Å². The van der Waals surface area contributed by atoms with Crippen LogP contribution in [0.3, 0.4) is 0 Å². The van der Waals surface area contributed by atoms with Gasteiger partial charge in [-0.25, -0.2) is 0 Å². The van der Waals surface area contributed by atoms with E-state index in [-0.39, 0.29) is 6.10 Å². The van der Waals surface area contributed by atoms with Crippen LogP contribution < -0.4 is 0 Å². The number of β-amino-alcohol motifs (C(OH)–C–C–N with tert-alkyl or cyclic N) is 1. The summed E-state index contributed by atoms with van der Waals surface area (Å²) in [5.74, 6) is 0.849. The Morgan fingerprint density at radius 3 is 2.68 bits per heavy atom. The third-order valence-electron chi connectivity index (χ3n) is 5.26. The summed E-state index contributed by atoms with van der Waals surface area (Å²) in [5, 5.41) is 14.8. The molecule has 0 spiro atoms. The molecule has 1 N–H and O–H groups in total. The van der Waals surface area contributed by atoms with Gasteiger partial charge >= 0.3 is 0 Å². The number of aryl methyl sites for hydroxylation is 1. The van der Waals surface area contributed by atoms with Crippen molar-refractivity contribution < 1.29 is 5.11 Å². The van der Waals surface area contributed by atoms with Crippen LogP contribution in [0, 0.1) is 5.92 Å². The summed E-state index contributed by atoms with van der Waals surface area (Å²) in [5.41, 5.74) is 1.29. The summed E-state index contributed by atoms with van der Waals surface area (Å²) < 4.78 is 1.87. The molecule has 5 heteroatoms. The molecule has 0 bridgehead atoms. The van der Waals surface area contributed by atoms with Gasteiger partial charge in [0.2, 0.25) is 0 Å². The van der Waals surface area contributed by atoms with Crippen LogP contribution in [0.15, 0.2) is 12.4 Å². The number of hydrogen-bond acceptors (Lipinski definition) is 4. The highest BCUT2D eigenvalue weighted by Crippen LogP contribution is 2.31. The highest BCUT2D eigenvalue weighted by Gasteiger charge is 2.29. The maximum absolute atomic E-state index is 10.5. The van der Waals surface area contributed by atoms with Crippen LogP contribution in [-0.4, -0.2) is 63.5 Å². The lowest BCUT2D eigenvalue weighted by Crippen LogP contribution is -2.43. The largest absolute Gasteiger partial charge is 0.390 e. The van der Waals surface area contributed by atoms with E-state index in [2.05, 4.69) is 28.0 Å². The first-order valence-corrected chi connectivity index (χ1v) is 8.75. The van der Waals surface area contributed by atoms with Gasteiger partial charge in [-0.1, -0.05) is 6.92 Å². The SMILES string of the molecule is CC1CCN(C[C@@H](O)CN2CCC[C@@H]2c2cnn(C)c2)CC1. The first-order valence-electron chi connectivity index (χ1n) is 8.75. The fourth-order valence-corrected chi connectivity index (χ4v) is 3.91. The van der Waals surface area contributed by atoms with Crippen molar-refractivity contribution in [1.29, 1.82) is 0 Å². The molecule has 0 aromatic carbocycles. The van der Waals surface area contributed by atoms with E-state index in [0.29, 0.717) is 6.04 Å². The van der Waals surface area contributed by atoms with Gasteiger partial charge in [0.05, 0.1) is 12.3 Å². The van der Waals surface area contributed by atoms with Crippen molar-refractivity contribution in [2.45, 2.75) is 44.8 Å². The zero-order chi connectivity index (χ0) is 15.5. The zero-order valence-electron chi connectivity index (χ0n) is 14.0. The van der Waals surface area contributed by atoms with Crippen LogP contribution in [0.2, 0.25) is 0 Å². The number of piperidine rings is 1. The van der Waals surface area contributed by atoms with Gasteiger partial charge in [0.1, 0.15) is 0 Å². The predicted octanol–water partition coefficient (Wildman–Crippen LogP) is 1.65. The van der Waals surface area contributed by atoms with Crippen LogP contribution in [0.1, 0.15) is 44.2 Å². The molecule has 2 atom stereocenters. The lowest BCUT2D eigenvalue weighted by Gasteiger charge is -2.33. The van der Waals surface area contributed by atoms with E-state index in [0.717, 1.165) is 38.6 Å². The summed E-state index contributed by atoms with van der Waals surface area (Å²) in [6.45, 7) is 7.31. The number of nitrogens with zero attached hydrogens (tertiary/aromatic N) is 4. The third kappa shape index (κ3) is 3.89. The smallest absolute Gasteiger partial charge is 0.0794 e. The highest BCUT2D eigenvalue weighted by atomic mass is 16.3. The number of aromatic nitrogens is 2. The average molecular weight is 306 g/mol. The van der Waals surface area contributed by atoms with Gasteiger partial charge in [0.25, 0.3) is 0 Å². The summed E-state index contributed by atoms with van der Waals surface area (Å²) in [4.78, 5) is 4.87. The van der Waals surface area contributed by atoms with Crippen molar-refractivity contribution >= 4 is 0 Å². The summed E-state index contributed by atoms with van der Waals surface area (Å²) in [6.07, 6.45) is 8.78. The van der Waals surface area contributed by atoms with E-state index >= 15 is 0 Å². The van der Waals surface area contributed by atoms with Gasteiger partial charge in [0, 0.05) is 37.9 Å². The van der Waals surface area contributed by atoms with Crippen molar-refractivity contribution in [3.8, 4) is 0 Å². The number of aliphatic hydroxyl groups is 1. The van der Waals surface area contributed by atoms with Crippen molar-refractivity contribution in [2.75, 3.05) is 32.7 Å². The minimum atomic E-state index is -0.245. The van der Waals surface area contributed by atoms with Crippen molar-refractivity contribution in [3.63, 3.8) is 0 Å². The van der Waals surface area contributed by atoms with Crippen molar-refractivity contribution in [2.24, 2.45) is 13.0 Å². The minimum Gasteiger partial charge on any atom is -0.390 e. The molecular weight excluding hydrogens is 276 g/mol. The number of likely N-dealkylation sites (tertiary alicyclic amines) is 2. The molecule has 0 saturated carbocycles. The molecule has 0 aliphatic carbocycles. The normalized spacial score (nSPS) is 26.6. The monoisotopic (exact) mass is 306 g/mol. The Morgan fingerprint density at radius 2 is 2.00 bits per heavy atom. The molecule has 2 aliphatic rings. The fourth-order valence-electron chi connectivity index (χ4n) is 3.91. The number of rotatable bonds is 5. The first kappa shape index (κ1) is 16.0. The van der Waals surface area contributed by atoms with E-state index < -0.39 is 0 Å². The third-order valence-corrected chi connectivity index (χ3v) is 5.26. The summed E-state index contributed by atoms with van der Waals surface area (Å²) in [6, 6.07) is 0.435.